The van der Waals surface area contributed by atoms with Gasteiger partial charge in [0.1, 0.15) is 0 Å². The van der Waals surface area contributed by atoms with Gasteiger partial charge in [-0.3, -0.25) is 4.79 Å². The van der Waals surface area contributed by atoms with E-state index in [2.05, 4.69) is 6.92 Å². The zero-order valence-electron chi connectivity index (χ0n) is 7.36. The van der Waals surface area contributed by atoms with Crippen LogP contribution in [0.15, 0.2) is 12.2 Å². The van der Waals surface area contributed by atoms with Gasteiger partial charge in [0.15, 0.2) is 0 Å². The number of hydrogen-bond donors (Lipinski definition) is 2. The minimum atomic E-state index is -0.952. The number of aliphatic hydroxyl groups excluding tert-OH is 1. The SMILES string of the molecule is CCC/C=C/CC(O)CC(=O)O. The smallest absolute Gasteiger partial charge is 0.305 e. The molecule has 0 aliphatic rings. The third-order valence-corrected chi connectivity index (χ3v) is 1.44. The summed E-state index contributed by atoms with van der Waals surface area (Å²) in [4.78, 5) is 10.1. The zero-order valence-corrected chi connectivity index (χ0v) is 7.36. The number of carboxylic acids is 1. The average molecular weight is 172 g/mol. The van der Waals surface area contributed by atoms with Gasteiger partial charge in [-0.15, -0.1) is 0 Å². The standard InChI is InChI=1S/C9H16O3/c1-2-3-4-5-6-8(10)7-9(11)12/h4-5,8,10H,2-3,6-7H2,1H3,(H,11,12)/b5-4+. The van der Waals surface area contributed by atoms with Crippen molar-refractivity contribution in [1.82, 2.24) is 0 Å². The zero-order chi connectivity index (χ0) is 9.40. The van der Waals surface area contributed by atoms with Crippen molar-refractivity contribution < 1.29 is 15.0 Å². The van der Waals surface area contributed by atoms with Crippen molar-refractivity contribution in [1.29, 1.82) is 0 Å². The molecular weight excluding hydrogens is 156 g/mol. The van der Waals surface area contributed by atoms with Gasteiger partial charge < -0.3 is 10.2 Å². The first-order valence-corrected chi connectivity index (χ1v) is 4.21. The van der Waals surface area contributed by atoms with Crippen LogP contribution in [0.1, 0.15) is 32.6 Å². The molecule has 0 radical (unpaired) electrons. The minimum absolute atomic E-state index is 0.170. The molecule has 0 spiro atoms. The Morgan fingerprint density at radius 1 is 1.50 bits per heavy atom. The fourth-order valence-electron chi connectivity index (χ4n) is 0.823. The van der Waals surface area contributed by atoms with Gasteiger partial charge >= 0.3 is 5.97 Å². The van der Waals surface area contributed by atoms with E-state index in [1.54, 1.807) is 0 Å². The molecule has 0 saturated heterocycles. The first-order valence-electron chi connectivity index (χ1n) is 4.21. The fourth-order valence-corrected chi connectivity index (χ4v) is 0.823. The van der Waals surface area contributed by atoms with Crippen LogP contribution in [0.4, 0.5) is 0 Å². The minimum Gasteiger partial charge on any atom is -0.481 e. The molecule has 3 nitrogen and oxygen atoms in total. The van der Waals surface area contributed by atoms with E-state index in [1.807, 2.05) is 12.2 Å². The van der Waals surface area contributed by atoms with Crippen molar-refractivity contribution in [2.45, 2.75) is 38.7 Å². The molecule has 0 heterocycles. The fraction of sp³-hybridized carbons (Fsp3) is 0.667. The lowest BCUT2D eigenvalue weighted by atomic mass is 10.1. The van der Waals surface area contributed by atoms with E-state index in [-0.39, 0.29) is 6.42 Å². The quantitative estimate of drug-likeness (QED) is 0.598. The van der Waals surface area contributed by atoms with Gasteiger partial charge in [0.05, 0.1) is 12.5 Å². The van der Waals surface area contributed by atoms with Crippen molar-refractivity contribution in [2.75, 3.05) is 0 Å². The third-order valence-electron chi connectivity index (χ3n) is 1.44. The van der Waals surface area contributed by atoms with E-state index in [9.17, 15) is 4.79 Å². The molecule has 3 heteroatoms. The number of carboxylic acid groups (broad SMARTS) is 1. The summed E-state index contributed by atoms with van der Waals surface area (Å²) in [5.74, 6) is -0.952. The van der Waals surface area contributed by atoms with Gasteiger partial charge in [0.2, 0.25) is 0 Å². The van der Waals surface area contributed by atoms with Crippen LogP contribution in [-0.2, 0) is 4.79 Å². The van der Waals surface area contributed by atoms with Crippen molar-refractivity contribution in [3.05, 3.63) is 12.2 Å². The average Bonchev–Trinajstić information content (AvgIpc) is 1.97. The Balaban J connectivity index is 3.42. The van der Waals surface area contributed by atoms with Crippen LogP contribution in [0.2, 0.25) is 0 Å². The first kappa shape index (κ1) is 11.2. The van der Waals surface area contributed by atoms with Gasteiger partial charge in [0, 0.05) is 0 Å². The van der Waals surface area contributed by atoms with Crippen LogP contribution in [-0.4, -0.2) is 22.3 Å². The molecule has 0 bridgehead atoms. The highest BCUT2D eigenvalue weighted by Crippen LogP contribution is 2.00. The van der Waals surface area contributed by atoms with Crippen LogP contribution in [0.25, 0.3) is 0 Å². The Labute approximate surface area is 72.7 Å². The third kappa shape index (κ3) is 7.28. The number of carbonyl (C=O) groups is 1. The van der Waals surface area contributed by atoms with Crippen LogP contribution in [0.3, 0.4) is 0 Å². The van der Waals surface area contributed by atoms with Crippen molar-refractivity contribution >= 4 is 5.97 Å². The molecule has 0 rings (SSSR count). The maximum absolute atomic E-state index is 10.1. The highest BCUT2D eigenvalue weighted by molar-refractivity contribution is 5.67. The number of allylic oxidation sites excluding steroid dienone is 1. The Kier molecular flexibility index (Phi) is 6.38. The number of aliphatic carboxylic acids is 1. The van der Waals surface area contributed by atoms with Gasteiger partial charge in [-0.25, -0.2) is 0 Å². The summed E-state index contributed by atoms with van der Waals surface area (Å²) >= 11 is 0. The summed E-state index contributed by atoms with van der Waals surface area (Å²) in [6.45, 7) is 2.07. The second-order valence-corrected chi connectivity index (χ2v) is 2.75. The second kappa shape index (κ2) is 6.85. The van der Waals surface area contributed by atoms with E-state index in [1.165, 1.54) is 0 Å². The molecule has 12 heavy (non-hydrogen) atoms. The Bertz CT molecular complexity index is 152. The normalized spacial score (nSPS) is 13.5. The number of aliphatic hydroxyl groups is 1. The lowest BCUT2D eigenvalue weighted by Crippen LogP contribution is -2.11. The van der Waals surface area contributed by atoms with E-state index in [4.69, 9.17) is 10.2 Å². The number of rotatable bonds is 6. The van der Waals surface area contributed by atoms with E-state index in [0.717, 1.165) is 12.8 Å². The molecule has 0 aliphatic carbocycles. The molecule has 0 amide bonds. The van der Waals surface area contributed by atoms with Gasteiger partial charge in [0.25, 0.3) is 0 Å². The topological polar surface area (TPSA) is 57.5 Å². The van der Waals surface area contributed by atoms with Gasteiger partial charge in [-0.05, 0) is 12.8 Å². The van der Waals surface area contributed by atoms with Crippen molar-refractivity contribution in [3.8, 4) is 0 Å². The molecule has 0 aromatic rings. The predicted molar refractivity (Wildman–Crippen MR) is 46.9 cm³/mol. The molecule has 1 unspecified atom stereocenters. The second-order valence-electron chi connectivity index (χ2n) is 2.75. The monoisotopic (exact) mass is 172 g/mol. The van der Waals surface area contributed by atoms with Crippen molar-refractivity contribution in [3.63, 3.8) is 0 Å². The highest BCUT2D eigenvalue weighted by atomic mass is 16.4. The largest absolute Gasteiger partial charge is 0.481 e. The lowest BCUT2D eigenvalue weighted by molar-refractivity contribution is -0.139. The molecule has 0 fully saturated rings. The predicted octanol–water partition coefficient (Wildman–Crippen LogP) is 1.57. The highest BCUT2D eigenvalue weighted by Gasteiger charge is 2.06. The molecule has 0 saturated carbocycles. The Morgan fingerprint density at radius 3 is 2.67 bits per heavy atom. The van der Waals surface area contributed by atoms with E-state index < -0.39 is 12.1 Å². The summed E-state index contributed by atoms with van der Waals surface area (Å²) in [5.41, 5.74) is 0. The summed E-state index contributed by atoms with van der Waals surface area (Å²) < 4.78 is 0. The number of unbranched alkanes of at least 4 members (excludes halogenated alkanes) is 1. The van der Waals surface area contributed by atoms with E-state index in [0.29, 0.717) is 6.42 Å². The number of hydrogen-bond acceptors (Lipinski definition) is 2. The maximum Gasteiger partial charge on any atom is 0.305 e. The van der Waals surface area contributed by atoms with Crippen LogP contribution < -0.4 is 0 Å². The maximum atomic E-state index is 10.1. The first-order chi connectivity index (χ1) is 5.66. The van der Waals surface area contributed by atoms with Crippen LogP contribution in [0.5, 0.6) is 0 Å². The molecule has 70 valence electrons. The summed E-state index contributed by atoms with van der Waals surface area (Å²) in [6.07, 6.45) is 5.38. The van der Waals surface area contributed by atoms with Crippen molar-refractivity contribution in [2.24, 2.45) is 0 Å². The van der Waals surface area contributed by atoms with E-state index >= 15 is 0 Å². The van der Waals surface area contributed by atoms with Crippen LogP contribution >= 0.6 is 0 Å². The van der Waals surface area contributed by atoms with Gasteiger partial charge in [-0.2, -0.15) is 0 Å². The van der Waals surface area contributed by atoms with Gasteiger partial charge in [-0.1, -0.05) is 25.5 Å². The molecule has 1 atom stereocenters. The molecule has 2 N–H and O–H groups in total. The summed E-state index contributed by atoms with van der Waals surface area (Å²) in [7, 11) is 0. The lowest BCUT2D eigenvalue weighted by Gasteiger charge is -2.02. The molecular formula is C9H16O3. The summed E-state index contributed by atoms with van der Waals surface area (Å²) in [5, 5.41) is 17.4. The Hall–Kier alpha value is -0.830. The summed E-state index contributed by atoms with van der Waals surface area (Å²) in [6, 6.07) is 0. The molecule has 0 aromatic heterocycles. The van der Waals surface area contributed by atoms with Crippen LogP contribution in [0, 0.1) is 0 Å². The molecule has 0 aromatic carbocycles. The Morgan fingerprint density at radius 2 is 2.17 bits per heavy atom. The molecule has 0 aliphatic heterocycles.